The van der Waals surface area contributed by atoms with Crippen molar-refractivity contribution in [2.75, 3.05) is 12.4 Å². The molecule has 0 fully saturated rings. The predicted octanol–water partition coefficient (Wildman–Crippen LogP) is 3.24. The fraction of sp³-hybridized carbons (Fsp3) is 0.188. The highest BCUT2D eigenvalue weighted by atomic mass is 19.1. The number of benzene rings is 2. The maximum absolute atomic E-state index is 13.7. The Morgan fingerprint density at radius 1 is 1.14 bits per heavy atom. The van der Waals surface area contributed by atoms with Gasteiger partial charge in [-0.25, -0.2) is 8.78 Å². The lowest BCUT2D eigenvalue weighted by molar-refractivity contribution is 0.102. The van der Waals surface area contributed by atoms with Gasteiger partial charge in [0.25, 0.3) is 5.91 Å². The molecule has 0 unspecified atom stereocenters. The largest absolute Gasteiger partial charge is 0.322 e. The van der Waals surface area contributed by atoms with Crippen LogP contribution in [0.3, 0.4) is 0 Å². The second-order valence-corrected chi connectivity index (χ2v) is 4.72. The van der Waals surface area contributed by atoms with Crippen molar-refractivity contribution in [2.24, 2.45) is 0 Å². The molecule has 21 heavy (non-hydrogen) atoms. The van der Waals surface area contributed by atoms with Gasteiger partial charge in [0, 0.05) is 18.3 Å². The highest BCUT2D eigenvalue weighted by molar-refractivity contribution is 6.05. The number of hydrogen-bond acceptors (Lipinski definition) is 2. The molecule has 0 heterocycles. The average Bonchev–Trinajstić information content (AvgIpc) is 2.45. The number of aryl methyl sites for hydroxylation is 1. The third kappa shape index (κ3) is 3.44. The van der Waals surface area contributed by atoms with Crippen LogP contribution in [0.2, 0.25) is 0 Å². The zero-order chi connectivity index (χ0) is 15.4. The summed E-state index contributed by atoms with van der Waals surface area (Å²) in [6, 6.07) is 9.16. The number of nitrogens with one attached hydrogen (secondary N) is 2. The zero-order valence-corrected chi connectivity index (χ0v) is 11.8. The lowest BCUT2D eigenvalue weighted by Crippen LogP contribution is -2.17. The Kier molecular flexibility index (Phi) is 4.65. The van der Waals surface area contributed by atoms with Crippen molar-refractivity contribution in [3.05, 3.63) is 64.7 Å². The Morgan fingerprint density at radius 3 is 2.57 bits per heavy atom. The molecule has 0 aliphatic rings. The minimum atomic E-state index is -0.873. The molecule has 5 heteroatoms. The number of halogens is 2. The fourth-order valence-corrected chi connectivity index (χ4v) is 2.01. The molecule has 0 aromatic heterocycles. The molecule has 0 saturated carbocycles. The highest BCUT2D eigenvalue weighted by Gasteiger charge is 2.15. The first-order chi connectivity index (χ1) is 10.0. The molecule has 3 nitrogen and oxygen atoms in total. The molecule has 1 amide bonds. The van der Waals surface area contributed by atoms with Gasteiger partial charge in [0.15, 0.2) is 0 Å². The lowest BCUT2D eigenvalue weighted by Gasteiger charge is -2.11. The third-order valence-corrected chi connectivity index (χ3v) is 3.13. The first-order valence-electron chi connectivity index (χ1n) is 6.52. The van der Waals surface area contributed by atoms with Gasteiger partial charge in [-0.05, 0) is 37.2 Å². The van der Waals surface area contributed by atoms with Crippen molar-refractivity contribution in [3.8, 4) is 0 Å². The van der Waals surface area contributed by atoms with E-state index in [2.05, 4.69) is 10.6 Å². The van der Waals surface area contributed by atoms with E-state index < -0.39 is 17.5 Å². The van der Waals surface area contributed by atoms with Gasteiger partial charge >= 0.3 is 0 Å². The summed E-state index contributed by atoms with van der Waals surface area (Å²) in [5.41, 5.74) is 1.53. The minimum Gasteiger partial charge on any atom is -0.322 e. The van der Waals surface area contributed by atoms with Crippen LogP contribution in [-0.4, -0.2) is 13.0 Å². The van der Waals surface area contributed by atoms with E-state index in [1.807, 2.05) is 12.1 Å². The Morgan fingerprint density at radius 2 is 1.86 bits per heavy atom. The molecular weight excluding hydrogens is 274 g/mol. The van der Waals surface area contributed by atoms with Gasteiger partial charge in [0.05, 0.1) is 5.56 Å². The normalized spacial score (nSPS) is 10.5. The second-order valence-electron chi connectivity index (χ2n) is 4.72. The molecule has 2 N–H and O–H groups in total. The number of hydrogen-bond donors (Lipinski definition) is 2. The van der Waals surface area contributed by atoms with E-state index in [0.29, 0.717) is 12.2 Å². The molecule has 0 aliphatic heterocycles. The van der Waals surface area contributed by atoms with E-state index in [1.54, 1.807) is 19.2 Å². The Bertz CT molecular complexity index is 671. The summed E-state index contributed by atoms with van der Waals surface area (Å²) < 4.78 is 27.0. The maximum atomic E-state index is 13.7. The molecule has 0 bridgehead atoms. The topological polar surface area (TPSA) is 41.1 Å². The molecule has 0 atom stereocenters. The number of carbonyl (C=O) groups is 1. The number of anilines is 1. The van der Waals surface area contributed by atoms with Crippen LogP contribution in [0, 0.1) is 18.6 Å². The number of carbonyl (C=O) groups excluding carboxylic acids is 1. The zero-order valence-electron chi connectivity index (χ0n) is 11.8. The summed E-state index contributed by atoms with van der Waals surface area (Å²) in [5.74, 6) is -2.14. The fourth-order valence-electron chi connectivity index (χ4n) is 2.01. The van der Waals surface area contributed by atoms with Gasteiger partial charge in [-0.15, -0.1) is 0 Å². The van der Waals surface area contributed by atoms with Crippen LogP contribution >= 0.6 is 0 Å². The SMILES string of the molecule is CNCc1ccccc1NC(=O)c1cc(C)c(F)cc1F. The quantitative estimate of drug-likeness (QED) is 0.907. The molecular formula is C16H16F2N2O. The van der Waals surface area contributed by atoms with Crippen LogP contribution in [0.4, 0.5) is 14.5 Å². The molecule has 0 aliphatic carbocycles. The summed E-state index contributed by atoms with van der Waals surface area (Å²) in [7, 11) is 1.79. The van der Waals surface area contributed by atoms with Crippen molar-refractivity contribution < 1.29 is 13.6 Å². The molecule has 0 spiro atoms. The molecule has 0 saturated heterocycles. The van der Waals surface area contributed by atoms with Gasteiger partial charge < -0.3 is 10.6 Å². The smallest absolute Gasteiger partial charge is 0.258 e. The number of para-hydroxylation sites is 1. The lowest BCUT2D eigenvalue weighted by atomic mass is 10.1. The monoisotopic (exact) mass is 290 g/mol. The maximum Gasteiger partial charge on any atom is 0.258 e. The molecule has 2 aromatic rings. The second kappa shape index (κ2) is 6.45. The summed E-state index contributed by atoms with van der Waals surface area (Å²) >= 11 is 0. The molecule has 110 valence electrons. The van der Waals surface area contributed by atoms with E-state index in [0.717, 1.165) is 11.6 Å². The summed E-state index contributed by atoms with van der Waals surface area (Å²) in [6.07, 6.45) is 0. The van der Waals surface area contributed by atoms with Crippen LogP contribution in [-0.2, 0) is 6.54 Å². The Balaban J connectivity index is 2.28. The van der Waals surface area contributed by atoms with Crippen molar-refractivity contribution in [2.45, 2.75) is 13.5 Å². The van der Waals surface area contributed by atoms with E-state index >= 15 is 0 Å². The Labute approximate surface area is 122 Å². The van der Waals surface area contributed by atoms with Crippen molar-refractivity contribution in [1.82, 2.24) is 5.32 Å². The van der Waals surface area contributed by atoms with Gasteiger partial charge in [-0.1, -0.05) is 18.2 Å². The predicted molar refractivity (Wildman–Crippen MR) is 78.3 cm³/mol. The van der Waals surface area contributed by atoms with Gasteiger partial charge in [0.1, 0.15) is 11.6 Å². The van der Waals surface area contributed by atoms with E-state index in [1.165, 1.54) is 13.0 Å². The average molecular weight is 290 g/mol. The van der Waals surface area contributed by atoms with Crippen LogP contribution < -0.4 is 10.6 Å². The first-order valence-corrected chi connectivity index (χ1v) is 6.52. The van der Waals surface area contributed by atoms with Crippen LogP contribution in [0.1, 0.15) is 21.5 Å². The standard InChI is InChI=1S/C16H16F2N2O/c1-10-7-12(14(18)8-13(10)17)16(21)20-15-6-4-3-5-11(15)9-19-2/h3-8,19H,9H2,1-2H3,(H,20,21). The highest BCUT2D eigenvalue weighted by Crippen LogP contribution is 2.19. The summed E-state index contributed by atoms with van der Waals surface area (Å²) in [6.45, 7) is 2.06. The van der Waals surface area contributed by atoms with Crippen LogP contribution in [0.25, 0.3) is 0 Å². The third-order valence-electron chi connectivity index (χ3n) is 3.13. The van der Waals surface area contributed by atoms with Crippen LogP contribution in [0.5, 0.6) is 0 Å². The first kappa shape index (κ1) is 15.1. The summed E-state index contributed by atoms with van der Waals surface area (Å²) in [5, 5.41) is 5.65. The van der Waals surface area contributed by atoms with Gasteiger partial charge in [0.2, 0.25) is 0 Å². The summed E-state index contributed by atoms with van der Waals surface area (Å²) in [4.78, 5) is 12.2. The molecule has 2 aromatic carbocycles. The van der Waals surface area contributed by atoms with Crippen molar-refractivity contribution >= 4 is 11.6 Å². The van der Waals surface area contributed by atoms with Gasteiger partial charge in [-0.3, -0.25) is 4.79 Å². The van der Waals surface area contributed by atoms with Crippen LogP contribution in [0.15, 0.2) is 36.4 Å². The molecule has 2 rings (SSSR count). The van der Waals surface area contributed by atoms with E-state index in [9.17, 15) is 13.6 Å². The van der Waals surface area contributed by atoms with Crippen molar-refractivity contribution in [1.29, 1.82) is 0 Å². The minimum absolute atomic E-state index is 0.173. The number of amides is 1. The molecule has 0 radical (unpaired) electrons. The Hall–Kier alpha value is -2.27. The number of rotatable bonds is 4. The van der Waals surface area contributed by atoms with Crippen molar-refractivity contribution in [3.63, 3.8) is 0 Å². The van der Waals surface area contributed by atoms with Gasteiger partial charge in [-0.2, -0.15) is 0 Å². The van der Waals surface area contributed by atoms with E-state index in [-0.39, 0.29) is 11.1 Å². The van der Waals surface area contributed by atoms with E-state index in [4.69, 9.17) is 0 Å².